The maximum absolute atomic E-state index is 11.1. The molecule has 1 aliphatic rings. The van der Waals surface area contributed by atoms with Crippen molar-refractivity contribution in [2.75, 3.05) is 14.2 Å². The number of rotatable bonds is 2. The van der Waals surface area contributed by atoms with Crippen molar-refractivity contribution in [2.45, 2.75) is 18.4 Å². The van der Waals surface area contributed by atoms with E-state index >= 15 is 0 Å². The summed E-state index contributed by atoms with van der Waals surface area (Å²) in [7, 11) is 2.60. The molecule has 0 aromatic heterocycles. The summed E-state index contributed by atoms with van der Waals surface area (Å²) in [4.78, 5) is 22.0. The van der Waals surface area contributed by atoms with Gasteiger partial charge in [0.25, 0.3) is 0 Å². The monoisotopic (exact) mass is 187 g/mol. The third kappa shape index (κ3) is 1.65. The summed E-state index contributed by atoms with van der Waals surface area (Å²) in [6, 6.07) is 0. The minimum atomic E-state index is -0.979. The Morgan fingerprint density at radius 1 is 1.31 bits per heavy atom. The van der Waals surface area contributed by atoms with Gasteiger partial charge >= 0.3 is 11.9 Å². The van der Waals surface area contributed by atoms with E-state index in [0.717, 1.165) is 0 Å². The first-order chi connectivity index (χ1) is 6.03. The smallest absolute Gasteiger partial charge is 0.325 e. The fraction of sp³-hybridized carbons (Fsp3) is 0.750. The van der Waals surface area contributed by atoms with Crippen LogP contribution in [0.15, 0.2) is 0 Å². The molecule has 0 heterocycles. The second-order valence-electron chi connectivity index (χ2n) is 3.28. The van der Waals surface area contributed by atoms with Gasteiger partial charge in [-0.05, 0) is 12.8 Å². The Labute approximate surface area is 76.2 Å². The van der Waals surface area contributed by atoms with Crippen molar-refractivity contribution in [2.24, 2.45) is 11.7 Å². The Hall–Kier alpha value is -1.10. The highest BCUT2D eigenvalue weighted by atomic mass is 16.5. The first-order valence-corrected chi connectivity index (χ1v) is 3.98. The largest absolute Gasteiger partial charge is 0.469 e. The number of nitrogens with two attached hydrogens (primary N) is 1. The topological polar surface area (TPSA) is 78.6 Å². The van der Waals surface area contributed by atoms with Crippen LogP contribution in [0.5, 0.6) is 0 Å². The molecule has 0 atom stereocenters. The van der Waals surface area contributed by atoms with E-state index in [-0.39, 0.29) is 11.9 Å². The zero-order valence-corrected chi connectivity index (χ0v) is 7.70. The predicted octanol–water partition coefficient (Wildman–Crippen LogP) is -0.560. The Morgan fingerprint density at radius 2 is 1.85 bits per heavy atom. The lowest BCUT2D eigenvalue weighted by Crippen LogP contribution is -2.60. The molecule has 0 aliphatic heterocycles. The van der Waals surface area contributed by atoms with Gasteiger partial charge < -0.3 is 15.2 Å². The minimum absolute atomic E-state index is 0.255. The maximum atomic E-state index is 11.1. The summed E-state index contributed by atoms with van der Waals surface area (Å²) in [5, 5.41) is 0. The summed E-state index contributed by atoms with van der Waals surface area (Å²) in [6.45, 7) is 0. The molecule has 0 spiro atoms. The van der Waals surface area contributed by atoms with Gasteiger partial charge in [0, 0.05) is 0 Å². The molecule has 1 aliphatic carbocycles. The molecule has 1 fully saturated rings. The molecule has 5 heteroatoms. The number of ether oxygens (including phenoxy) is 2. The Balaban J connectivity index is 2.47. The van der Waals surface area contributed by atoms with Crippen LogP contribution in [0, 0.1) is 5.92 Å². The fourth-order valence-corrected chi connectivity index (χ4v) is 1.52. The van der Waals surface area contributed by atoms with Crippen molar-refractivity contribution in [3.8, 4) is 0 Å². The second-order valence-corrected chi connectivity index (χ2v) is 3.28. The summed E-state index contributed by atoms with van der Waals surface area (Å²) in [5.41, 5.74) is 4.68. The van der Waals surface area contributed by atoms with Crippen LogP contribution in [0.3, 0.4) is 0 Å². The van der Waals surface area contributed by atoms with Crippen LogP contribution >= 0.6 is 0 Å². The van der Waals surface area contributed by atoms with E-state index in [1.165, 1.54) is 14.2 Å². The van der Waals surface area contributed by atoms with Gasteiger partial charge in [0.05, 0.1) is 20.1 Å². The highest BCUT2D eigenvalue weighted by Crippen LogP contribution is 2.37. The molecule has 0 radical (unpaired) electrons. The highest BCUT2D eigenvalue weighted by Gasteiger charge is 2.51. The molecule has 1 rings (SSSR count). The molecule has 0 amide bonds. The van der Waals surface area contributed by atoms with E-state index < -0.39 is 11.5 Å². The maximum Gasteiger partial charge on any atom is 0.325 e. The third-order valence-electron chi connectivity index (χ3n) is 2.35. The van der Waals surface area contributed by atoms with Crippen LogP contribution in [0.4, 0.5) is 0 Å². The van der Waals surface area contributed by atoms with E-state index in [4.69, 9.17) is 5.73 Å². The van der Waals surface area contributed by atoms with Crippen LogP contribution in [-0.4, -0.2) is 31.7 Å². The number of hydrogen-bond acceptors (Lipinski definition) is 5. The quantitative estimate of drug-likeness (QED) is 0.586. The summed E-state index contributed by atoms with van der Waals surface area (Å²) in [6.07, 6.45) is 0.624. The fourth-order valence-electron chi connectivity index (χ4n) is 1.52. The zero-order valence-electron chi connectivity index (χ0n) is 7.70. The van der Waals surface area contributed by atoms with Gasteiger partial charge in [0.2, 0.25) is 0 Å². The molecular weight excluding hydrogens is 174 g/mol. The summed E-state index contributed by atoms with van der Waals surface area (Å²) in [5.74, 6) is -1.04. The van der Waals surface area contributed by atoms with Gasteiger partial charge in [-0.1, -0.05) is 0 Å². The van der Waals surface area contributed by atoms with Gasteiger partial charge in [0.1, 0.15) is 5.54 Å². The minimum Gasteiger partial charge on any atom is -0.469 e. The molecule has 0 bridgehead atoms. The van der Waals surface area contributed by atoms with Crippen molar-refractivity contribution >= 4 is 11.9 Å². The molecule has 0 aromatic carbocycles. The van der Waals surface area contributed by atoms with E-state index in [1.807, 2.05) is 0 Å². The molecule has 2 N–H and O–H groups in total. The van der Waals surface area contributed by atoms with E-state index in [9.17, 15) is 9.59 Å². The van der Waals surface area contributed by atoms with E-state index in [1.54, 1.807) is 0 Å². The average Bonchev–Trinajstić information content (AvgIpc) is 2.10. The van der Waals surface area contributed by atoms with Gasteiger partial charge in [-0.2, -0.15) is 0 Å². The van der Waals surface area contributed by atoms with Crippen LogP contribution in [-0.2, 0) is 19.1 Å². The van der Waals surface area contributed by atoms with E-state index in [0.29, 0.717) is 12.8 Å². The predicted molar refractivity (Wildman–Crippen MR) is 43.7 cm³/mol. The molecule has 1 saturated carbocycles. The molecule has 74 valence electrons. The third-order valence-corrected chi connectivity index (χ3v) is 2.35. The highest BCUT2D eigenvalue weighted by molar-refractivity contribution is 5.86. The normalized spacial score (nSPS) is 31.8. The number of carbonyl (C=O) groups is 2. The Morgan fingerprint density at radius 3 is 2.23 bits per heavy atom. The summed E-state index contributed by atoms with van der Waals surface area (Å²) < 4.78 is 9.02. The van der Waals surface area contributed by atoms with Crippen molar-refractivity contribution in [3.63, 3.8) is 0 Å². The molecule has 5 nitrogen and oxygen atoms in total. The second kappa shape index (κ2) is 3.33. The first kappa shape index (κ1) is 9.98. The average molecular weight is 187 g/mol. The van der Waals surface area contributed by atoms with Crippen LogP contribution in [0.25, 0.3) is 0 Å². The molecule has 0 saturated heterocycles. The lowest BCUT2D eigenvalue weighted by molar-refractivity contribution is -0.160. The van der Waals surface area contributed by atoms with Gasteiger partial charge in [-0.15, -0.1) is 0 Å². The molecule has 0 unspecified atom stereocenters. The molecular formula is C8H13NO4. The molecule has 0 aromatic rings. The summed E-state index contributed by atoms with van der Waals surface area (Å²) >= 11 is 0. The van der Waals surface area contributed by atoms with Crippen molar-refractivity contribution < 1.29 is 19.1 Å². The van der Waals surface area contributed by atoms with Crippen molar-refractivity contribution in [1.82, 2.24) is 0 Å². The lowest BCUT2D eigenvalue weighted by Gasteiger charge is -2.40. The van der Waals surface area contributed by atoms with E-state index in [2.05, 4.69) is 9.47 Å². The van der Waals surface area contributed by atoms with Gasteiger partial charge in [-0.3, -0.25) is 9.59 Å². The standard InChI is InChI=1S/C8H13NO4/c1-12-6(10)5-3-8(9,4-5)7(11)13-2/h5H,3-4,9H2,1-2H3. The number of esters is 2. The lowest BCUT2D eigenvalue weighted by atomic mass is 9.69. The SMILES string of the molecule is COC(=O)C1CC(N)(C(=O)OC)C1. The van der Waals surface area contributed by atoms with Crippen molar-refractivity contribution in [3.05, 3.63) is 0 Å². The van der Waals surface area contributed by atoms with Crippen LogP contribution in [0.2, 0.25) is 0 Å². The Bertz CT molecular complexity index is 232. The van der Waals surface area contributed by atoms with Crippen LogP contribution in [0.1, 0.15) is 12.8 Å². The Kier molecular flexibility index (Phi) is 2.56. The number of hydrogen-bond donors (Lipinski definition) is 1. The van der Waals surface area contributed by atoms with Crippen molar-refractivity contribution in [1.29, 1.82) is 0 Å². The first-order valence-electron chi connectivity index (χ1n) is 3.98. The van der Waals surface area contributed by atoms with Gasteiger partial charge in [-0.25, -0.2) is 0 Å². The number of methoxy groups -OCH3 is 2. The van der Waals surface area contributed by atoms with Crippen LogP contribution < -0.4 is 5.73 Å². The van der Waals surface area contributed by atoms with Gasteiger partial charge in [0.15, 0.2) is 0 Å². The molecule has 13 heavy (non-hydrogen) atoms. The zero-order chi connectivity index (χ0) is 10.1. The number of carbonyl (C=O) groups excluding carboxylic acids is 2.